The first-order valence-corrected chi connectivity index (χ1v) is 11.5. The minimum Gasteiger partial charge on any atom is -0.341 e. The van der Waals surface area contributed by atoms with E-state index in [2.05, 4.69) is 35.9 Å². The summed E-state index contributed by atoms with van der Waals surface area (Å²) in [6.45, 7) is 12.2. The van der Waals surface area contributed by atoms with E-state index in [-0.39, 0.29) is 11.5 Å². The summed E-state index contributed by atoms with van der Waals surface area (Å²) in [5.41, 5.74) is 2.64. The first-order valence-electron chi connectivity index (χ1n) is 9.99. The van der Waals surface area contributed by atoms with Crippen molar-refractivity contribution < 1.29 is 8.42 Å². The van der Waals surface area contributed by atoms with E-state index in [1.165, 1.54) is 12.1 Å². The molecule has 0 aromatic carbocycles. The Morgan fingerprint density at radius 2 is 1.70 bits per heavy atom. The largest absolute Gasteiger partial charge is 0.341 e. The van der Waals surface area contributed by atoms with Crippen molar-refractivity contribution in [3.05, 3.63) is 36.3 Å². The fourth-order valence-corrected chi connectivity index (χ4v) is 7.25. The number of aromatic nitrogens is 1. The first kappa shape index (κ1) is 20.4. The minimum absolute atomic E-state index is 0.142. The van der Waals surface area contributed by atoms with Crippen LogP contribution >= 0.6 is 0 Å². The molecule has 1 aliphatic heterocycles. The van der Waals surface area contributed by atoms with E-state index in [0.29, 0.717) is 12.8 Å². The molecule has 2 aliphatic rings. The van der Waals surface area contributed by atoms with Gasteiger partial charge in [-0.05, 0) is 77.3 Å². The predicted octanol–water partition coefficient (Wildman–Crippen LogP) is 5.12. The topological polar surface area (TPSA) is 50.3 Å². The van der Waals surface area contributed by atoms with Crippen LogP contribution in [0.1, 0.15) is 73.6 Å². The molecule has 2 heterocycles. The molecule has 1 aromatic rings. The molecule has 1 saturated heterocycles. The van der Waals surface area contributed by atoms with Crippen LogP contribution in [-0.4, -0.2) is 28.9 Å². The summed E-state index contributed by atoms with van der Waals surface area (Å²) < 4.78 is 24.7. The Morgan fingerprint density at radius 3 is 2.22 bits per heavy atom. The number of anilines is 1. The molecule has 4 nitrogen and oxygen atoms in total. The van der Waals surface area contributed by atoms with E-state index in [4.69, 9.17) is 0 Å². The predicted molar refractivity (Wildman–Crippen MR) is 113 cm³/mol. The Balaban J connectivity index is 2.06. The highest BCUT2D eigenvalue weighted by atomic mass is 32.2. The number of rotatable bonds is 3. The van der Waals surface area contributed by atoms with Gasteiger partial charge in [-0.1, -0.05) is 19.9 Å². The van der Waals surface area contributed by atoms with Crippen molar-refractivity contribution in [2.75, 3.05) is 4.90 Å². The lowest BCUT2D eigenvalue weighted by atomic mass is 9.78. The number of pyridine rings is 1. The van der Waals surface area contributed by atoms with E-state index in [1.807, 2.05) is 40.0 Å². The third-order valence-corrected chi connectivity index (χ3v) is 9.61. The fraction of sp³-hybridized carbons (Fsp3) is 0.682. The van der Waals surface area contributed by atoms with Crippen molar-refractivity contribution >= 4 is 15.5 Å². The zero-order valence-corrected chi connectivity index (χ0v) is 18.4. The summed E-state index contributed by atoms with van der Waals surface area (Å²) in [5, 5.41) is 0. The van der Waals surface area contributed by atoms with Gasteiger partial charge in [-0.25, -0.2) is 8.42 Å². The summed E-state index contributed by atoms with van der Waals surface area (Å²) in [4.78, 5) is 6.74. The molecule has 0 bridgehead atoms. The average Bonchev–Trinajstić information content (AvgIpc) is 2.53. The molecule has 1 aromatic heterocycles. The van der Waals surface area contributed by atoms with Crippen LogP contribution in [0.2, 0.25) is 0 Å². The van der Waals surface area contributed by atoms with Gasteiger partial charge in [-0.2, -0.15) is 0 Å². The number of nitrogens with zero attached hydrogens (tertiary/aromatic N) is 2. The maximum atomic E-state index is 13.1. The van der Waals surface area contributed by atoms with Crippen molar-refractivity contribution in [3.63, 3.8) is 0 Å². The van der Waals surface area contributed by atoms with Crippen LogP contribution < -0.4 is 4.90 Å². The molecule has 0 atom stereocenters. The lowest BCUT2D eigenvalue weighted by molar-refractivity contribution is 0.305. The molecule has 0 radical (unpaired) electrons. The van der Waals surface area contributed by atoms with E-state index in [0.717, 1.165) is 18.5 Å². The summed E-state index contributed by atoms with van der Waals surface area (Å²) in [6, 6.07) is 4.20. The van der Waals surface area contributed by atoms with Crippen molar-refractivity contribution in [1.29, 1.82) is 0 Å². The molecule has 27 heavy (non-hydrogen) atoms. The van der Waals surface area contributed by atoms with Crippen LogP contribution in [-0.2, 0) is 9.84 Å². The monoisotopic (exact) mass is 390 g/mol. The van der Waals surface area contributed by atoms with Crippen molar-refractivity contribution in [3.8, 4) is 0 Å². The zero-order valence-electron chi connectivity index (χ0n) is 17.6. The molecular weight excluding hydrogens is 356 g/mol. The third kappa shape index (κ3) is 3.67. The van der Waals surface area contributed by atoms with Gasteiger partial charge in [0, 0.05) is 17.9 Å². The molecule has 0 N–H and O–H groups in total. The van der Waals surface area contributed by atoms with Crippen LogP contribution in [0, 0.1) is 5.41 Å². The van der Waals surface area contributed by atoms with Gasteiger partial charge in [0.25, 0.3) is 0 Å². The summed E-state index contributed by atoms with van der Waals surface area (Å²) >= 11 is 0. The Bertz CT molecular complexity index is 799. The Morgan fingerprint density at radius 1 is 1.07 bits per heavy atom. The smallest absolute Gasteiger partial charge is 0.160 e. The normalized spacial score (nSPS) is 26.2. The second-order valence-corrected chi connectivity index (χ2v) is 13.5. The lowest BCUT2D eigenvalue weighted by Gasteiger charge is -2.50. The Kier molecular flexibility index (Phi) is 4.99. The highest BCUT2D eigenvalue weighted by Gasteiger charge is 2.53. The maximum Gasteiger partial charge on any atom is 0.160 e. The zero-order chi connectivity index (χ0) is 20.1. The number of hydrogen-bond acceptors (Lipinski definition) is 4. The quantitative estimate of drug-likeness (QED) is 0.719. The summed E-state index contributed by atoms with van der Waals surface area (Å²) in [6.07, 6.45) is 10.6. The Hall–Kier alpha value is -1.36. The molecule has 1 aliphatic carbocycles. The van der Waals surface area contributed by atoms with Gasteiger partial charge in [0.2, 0.25) is 0 Å². The standard InChI is InChI=1S/C22H34N2O2S/c1-20(2)11-7-9-17(13-20)24(18-10-8-12-23-16-18)19-14-21(3,4)27(25,26)22(5,6)15-19/h8-10,12,16,19H,7,11,13-15H2,1-6H3. The molecular formula is C22H34N2O2S. The van der Waals surface area contributed by atoms with E-state index in [9.17, 15) is 8.42 Å². The van der Waals surface area contributed by atoms with Gasteiger partial charge < -0.3 is 4.90 Å². The number of allylic oxidation sites excluding steroid dienone is 2. The van der Waals surface area contributed by atoms with Crippen molar-refractivity contribution in [2.45, 2.75) is 89.2 Å². The van der Waals surface area contributed by atoms with Crippen LogP contribution in [0.3, 0.4) is 0 Å². The van der Waals surface area contributed by atoms with E-state index >= 15 is 0 Å². The van der Waals surface area contributed by atoms with Gasteiger partial charge in [-0.15, -0.1) is 0 Å². The summed E-state index contributed by atoms with van der Waals surface area (Å²) in [5.74, 6) is 0. The van der Waals surface area contributed by atoms with E-state index < -0.39 is 19.3 Å². The first-order chi connectivity index (χ1) is 12.4. The van der Waals surface area contributed by atoms with Crippen LogP contribution in [0.25, 0.3) is 0 Å². The van der Waals surface area contributed by atoms with Gasteiger partial charge in [0.05, 0.1) is 21.4 Å². The molecule has 0 unspecified atom stereocenters. The highest BCUT2D eigenvalue weighted by molar-refractivity contribution is 7.94. The molecule has 1 fully saturated rings. The highest BCUT2D eigenvalue weighted by Crippen LogP contribution is 2.46. The second kappa shape index (κ2) is 6.61. The fourth-order valence-electron chi connectivity index (χ4n) is 4.93. The van der Waals surface area contributed by atoms with Gasteiger partial charge in [0.1, 0.15) is 0 Å². The number of hydrogen-bond donors (Lipinski definition) is 0. The van der Waals surface area contributed by atoms with Crippen molar-refractivity contribution in [2.24, 2.45) is 5.41 Å². The molecule has 5 heteroatoms. The lowest BCUT2D eigenvalue weighted by Crippen LogP contribution is -2.58. The number of sulfone groups is 1. The van der Waals surface area contributed by atoms with Crippen LogP contribution in [0.5, 0.6) is 0 Å². The Labute approximate surface area is 165 Å². The minimum atomic E-state index is -3.20. The van der Waals surface area contributed by atoms with Crippen LogP contribution in [0.15, 0.2) is 36.3 Å². The summed E-state index contributed by atoms with van der Waals surface area (Å²) in [7, 11) is -3.20. The maximum absolute atomic E-state index is 13.1. The molecule has 3 rings (SSSR count). The molecule has 0 saturated carbocycles. The van der Waals surface area contributed by atoms with E-state index in [1.54, 1.807) is 6.20 Å². The molecule has 0 amide bonds. The van der Waals surface area contributed by atoms with Crippen LogP contribution in [0.4, 0.5) is 5.69 Å². The van der Waals surface area contributed by atoms with Crippen molar-refractivity contribution in [1.82, 2.24) is 4.98 Å². The average molecular weight is 391 g/mol. The molecule has 0 spiro atoms. The SMILES string of the molecule is CC1(C)CCC=C(N(c2cccnc2)C2CC(C)(C)S(=O)(=O)C(C)(C)C2)C1. The molecule has 150 valence electrons. The second-order valence-electron chi connectivity index (χ2n) is 10.2. The van der Waals surface area contributed by atoms with Gasteiger partial charge in [0.15, 0.2) is 9.84 Å². The third-order valence-electron chi connectivity index (χ3n) is 6.37. The van der Waals surface area contributed by atoms with Gasteiger partial charge >= 0.3 is 0 Å². The van der Waals surface area contributed by atoms with Gasteiger partial charge in [-0.3, -0.25) is 4.98 Å².